The molecule has 0 aromatic heterocycles. The molecule has 0 spiro atoms. The molecule has 46 valence electrons. The number of fused-ring (bicyclic) bond motifs is 1. The maximum Gasteiger partial charge on any atom is 0.126 e. The van der Waals surface area contributed by atoms with Gasteiger partial charge in [0.05, 0.1) is 0 Å². The fourth-order valence-electron chi connectivity index (χ4n) is 0.928. The maximum atomic E-state index is 5.51. The Balaban J connectivity index is 2.57. The van der Waals surface area contributed by atoms with Gasteiger partial charge in [0.2, 0.25) is 0 Å². The molecule has 2 nitrogen and oxygen atoms in total. The lowest BCUT2D eigenvalue weighted by atomic mass is 10.1. The quantitative estimate of drug-likeness (QED) is 0.523. The van der Waals surface area contributed by atoms with E-state index in [4.69, 9.17) is 10.5 Å². The van der Waals surface area contributed by atoms with E-state index in [1.54, 1.807) is 0 Å². The van der Waals surface area contributed by atoms with E-state index in [-0.39, 0.29) is 0 Å². The van der Waals surface area contributed by atoms with Crippen molar-refractivity contribution in [2.75, 3.05) is 5.73 Å². The first-order valence-corrected chi connectivity index (χ1v) is 2.87. The smallest absolute Gasteiger partial charge is 0.126 e. The van der Waals surface area contributed by atoms with E-state index in [2.05, 4.69) is 0 Å². The molecule has 0 radical (unpaired) electrons. The van der Waals surface area contributed by atoms with Crippen molar-refractivity contribution in [3.63, 3.8) is 0 Å². The van der Waals surface area contributed by atoms with Gasteiger partial charge >= 0.3 is 0 Å². The number of nitrogen functional groups attached to an aromatic ring is 1. The van der Waals surface area contributed by atoms with Crippen molar-refractivity contribution in [1.82, 2.24) is 0 Å². The van der Waals surface area contributed by atoms with E-state index in [9.17, 15) is 0 Å². The van der Waals surface area contributed by atoms with Gasteiger partial charge in [-0.25, -0.2) is 0 Å². The topological polar surface area (TPSA) is 35.2 Å². The zero-order valence-electron chi connectivity index (χ0n) is 4.92. The highest BCUT2D eigenvalue weighted by atomic mass is 16.5. The highest BCUT2D eigenvalue weighted by Crippen LogP contribution is 2.29. The summed E-state index contributed by atoms with van der Waals surface area (Å²) in [4.78, 5) is 0. The normalized spacial score (nSPS) is 13.3. The summed E-state index contributed by atoms with van der Waals surface area (Å²) in [7, 11) is 0. The number of anilines is 1. The van der Waals surface area contributed by atoms with Crippen LogP contribution in [0.2, 0.25) is 0 Å². The van der Waals surface area contributed by atoms with E-state index >= 15 is 0 Å². The third-order valence-corrected chi connectivity index (χ3v) is 1.47. The summed E-state index contributed by atoms with van der Waals surface area (Å²) in [6, 6.07) is 5.69. The zero-order chi connectivity index (χ0) is 6.27. The second-order valence-electron chi connectivity index (χ2n) is 2.16. The first kappa shape index (κ1) is 4.68. The third-order valence-electron chi connectivity index (χ3n) is 1.47. The highest BCUT2D eigenvalue weighted by Gasteiger charge is 2.12. The lowest BCUT2D eigenvalue weighted by molar-refractivity contribution is 0.243. The van der Waals surface area contributed by atoms with Crippen molar-refractivity contribution in [2.24, 2.45) is 0 Å². The number of ether oxygens (including phenoxy) is 1. The van der Waals surface area contributed by atoms with E-state index in [1.807, 2.05) is 18.2 Å². The molecule has 0 fully saturated rings. The molecule has 0 saturated carbocycles. The summed E-state index contributed by atoms with van der Waals surface area (Å²) in [5.74, 6) is 0.976. The SMILES string of the molecule is Nc1ccc2c(c1)CO2. The summed E-state index contributed by atoms with van der Waals surface area (Å²) in [5.41, 5.74) is 7.54. The largest absolute Gasteiger partial charge is 0.488 e. The predicted molar refractivity (Wildman–Crippen MR) is 35.2 cm³/mol. The monoisotopic (exact) mass is 121 g/mol. The molecule has 1 aliphatic heterocycles. The summed E-state index contributed by atoms with van der Waals surface area (Å²) in [6.07, 6.45) is 0. The van der Waals surface area contributed by atoms with Crippen LogP contribution in [0.25, 0.3) is 0 Å². The first-order valence-electron chi connectivity index (χ1n) is 2.87. The van der Waals surface area contributed by atoms with Crippen LogP contribution in [0.5, 0.6) is 5.75 Å². The number of benzene rings is 1. The second-order valence-corrected chi connectivity index (χ2v) is 2.16. The molecule has 1 aliphatic rings. The van der Waals surface area contributed by atoms with Gasteiger partial charge in [-0.15, -0.1) is 0 Å². The Morgan fingerprint density at radius 1 is 1.44 bits per heavy atom. The summed E-state index contributed by atoms with van der Waals surface area (Å²) >= 11 is 0. The van der Waals surface area contributed by atoms with Crippen LogP contribution in [0.4, 0.5) is 5.69 Å². The van der Waals surface area contributed by atoms with Gasteiger partial charge in [0.1, 0.15) is 12.4 Å². The van der Waals surface area contributed by atoms with Gasteiger partial charge in [-0.1, -0.05) is 0 Å². The van der Waals surface area contributed by atoms with Gasteiger partial charge in [0.25, 0.3) is 0 Å². The Morgan fingerprint density at radius 2 is 2.33 bits per heavy atom. The van der Waals surface area contributed by atoms with Gasteiger partial charge in [-0.3, -0.25) is 0 Å². The van der Waals surface area contributed by atoms with E-state index in [1.165, 1.54) is 5.56 Å². The Bertz CT molecular complexity index is 245. The van der Waals surface area contributed by atoms with E-state index in [0.717, 1.165) is 18.0 Å². The Morgan fingerprint density at radius 3 is 2.78 bits per heavy atom. The van der Waals surface area contributed by atoms with Gasteiger partial charge in [-0.05, 0) is 18.2 Å². The number of nitrogens with two attached hydrogens (primary N) is 1. The number of rotatable bonds is 0. The molecular weight excluding hydrogens is 114 g/mol. The van der Waals surface area contributed by atoms with Gasteiger partial charge in [-0.2, -0.15) is 0 Å². The molecule has 2 heteroatoms. The fourth-order valence-corrected chi connectivity index (χ4v) is 0.928. The zero-order valence-corrected chi connectivity index (χ0v) is 4.92. The van der Waals surface area contributed by atoms with E-state index < -0.39 is 0 Å². The number of hydrogen-bond acceptors (Lipinski definition) is 2. The van der Waals surface area contributed by atoms with Crippen LogP contribution in [0, 0.1) is 0 Å². The van der Waals surface area contributed by atoms with Crippen molar-refractivity contribution in [2.45, 2.75) is 6.61 Å². The van der Waals surface area contributed by atoms with Crippen molar-refractivity contribution >= 4 is 5.69 Å². The van der Waals surface area contributed by atoms with Crippen LogP contribution < -0.4 is 10.5 Å². The Labute approximate surface area is 53.2 Å². The maximum absolute atomic E-state index is 5.51. The molecule has 0 aliphatic carbocycles. The minimum Gasteiger partial charge on any atom is -0.488 e. The lowest BCUT2D eigenvalue weighted by Crippen LogP contribution is -2.09. The highest BCUT2D eigenvalue weighted by molar-refractivity contribution is 5.50. The average molecular weight is 121 g/mol. The molecule has 0 amide bonds. The Hall–Kier alpha value is -1.18. The molecule has 9 heavy (non-hydrogen) atoms. The summed E-state index contributed by atoms with van der Waals surface area (Å²) in [5, 5.41) is 0. The number of hydrogen-bond donors (Lipinski definition) is 1. The van der Waals surface area contributed by atoms with Crippen LogP contribution in [-0.2, 0) is 6.61 Å². The standard InChI is InChI=1S/C7H7NO/c8-6-1-2-7-5(3-6)4-9-7/h1-3H,4,8H2. The van der Waals surface area contributed by atoms with Crippen LogP contribution in [-0.4, -0.2) is 0 Å². The summed E-state index contributed by atoms with van der Waals surface area (Å²) < 4.78 is 5.08. The molecule has 0 unspecified atom stereocenters. The summed E-state index contributed by atoms with van der Waals surface area (Å²) in [6.45, 7) is 0.723. The molecular formula is C7H7NO. The molecule has 2 rings (SSSR count). The predicted octanol–water partition coefficient (Wildman–Crippen LogP) is 1.16. The molecule has 0 saturated heterocycles. The molecule has 1 aromatic rings. The van der Waals surface area contributed by atoms with Crippen molar-refractivity contribution < 1.29 is 4.74 Å². The molecule has 2 N–H and O–H groups in total. The Kier molecular flexibility index (Phi) is 0.730. The third kappa shape index (κ3) is 0.560. The molecule has 1 heterocycles. The van der Waals surface area contributed by atoms with Crippen molar-refractivity contribution in [3.05, 3.63) is 23.8 Å². The van der Waals surface area contributed by atoms with Crippen LogP contribution in [0.3, 0.4) is 0 Å². The molecule has 0 atom stereocenters. The van der Waals surface area contributed by atoms with Crippen LogP contribution >= 0.6 is 0 Å². The van der Waals surface area contributed by atoms with Gasteiger partial charge in [0.15, 0.2) is 0 Å². The van der Waals surface area contributed by atoms with Crippen molar-refractivity contribution in [3.8, 4) is 5.75 Å². The van der Waals surface area contributed by atoms with Crippen LogP contribution in [0.15, 0.2) is 18.2 Å². The lowest BCUT2D eigenvalue weighted by Gasteiger charge is -2.19. The minimum absolute atomic E-state index is 0.723. The van der Waals surface area contributed by atoms with E-state index in [0.29, 0.717) is 0 Å². The van der Waals surface area contributed by atoms with Gasteiger partial charge < -0.3 is 10.5 Å². The molecule has 0 bridgehead atoms. The molecule has 1 aromatic carbocycles. The average Bonchev–Trinajstić information content (AvgIpc) is 1.78. The van der Waals surface area contributed by atoms with Crippen molar-refractivity contribution in [1.29, 1.82) is 0 Å². The van der Waals surface area contributed by atoms with Crippen LogP contribution in [0.1, 0.15) is 5.56 Å². The minimum atomic E-state index is 0.723. The van der Waals surface area contributed by atoms with Gasteiger partial charge in [0, 0.05) is 11.3 Å². The second kappa shape index (κ2) is 1.41. The fraction of sp³-hybridized carbons (Fsp3) is 0.143. The first-order chi connectivity index (χ1) is 4.36.